The highest BCUT2D eigenvalue weighted by Crippen LogP contribution is 2.38. The van der Waals surface area contributed by atoms with Gasteiger partial charge in [-0.1, -0.05) is 25.3 Å². The Balaban J connectivity index is 2.02. The monoisotopic (exact) mass is 295 g/mol. The van der Waals surface area contributed by atoms with E-state index < -0.39 is 0 Å². The Hall–Kier alpha value is -1.36. The molecule has 4 nitrogen and oxygen atoms in total. The van der Waals surface area contributed by atoms with Crippen LogP contribution in [0.4, 0.5) is 0 Å². The van der Waals surface area contributed by atoms with E-state index in [9.17, 15) is 15.0 Å². The molecule has 1 fully saturated rings. The minimum atomic E-state index is -0.355. The summed E-state index contributed by atoms with van der Waals surface area (Å²) in [6.45, 7) is 0.599. The van der Waals surface area contributed by atoms with Gasteiger partial charge in [0.05, 0.1) is 5.56 Å². The molecule has 110 valence electrons. The van der Waals surface area contributed by atoms with E-state index in [1.165, 1.54) is 31.4 Å². The first-order valence-electron chi connectivity index (χ1n) is 6.92. The third kappa shape index (κ3) is 3.20. The van der Waals surface area contributed by atoms with Gasteiger partial charge in [0, 0.05) is 11.3 Å². The molecule has 1 amide bonds. The van der Waals surface area contributed by atoms with Gasteiger partial charge in [-0.25, -0.2) is 0 Å². The lowest BCUT2D eigenvalue weighted by atomic mass is 9.88. The standard InChI is InChI=1S/C15H21NO3S/c1-20-15(8-3-2-4-9-15)10-16-14(19)11-6-5-7-12(17)13(11)18/h5-7,17-18H,2-4,8-10H2,1H3,(H,16,19). The highest BCUT2D eigenvalue weighted by molar-refractivity contribution is 8.00. The van der Waals surface area contributed by atoms with E-state index in [0.717, 1.165) is 12.8 Å². The number of carbonyl (C=O) groups excluding carboxylic acids is 1. The predicted molar refractivity (Wildman–Crippen MR) is 81.4 cm³/mol. The smallest absolute Gasteiger partial charge is 0.255 e. The molecule has 1 aromatic carbocycles. The number of amides is 1. The normalized spacial score (nSPS) is 17.6. The van der Waals surface area contributed by atoms with Crippen molar-refractivity contribution in [3.63, 3.8) is 0 Å². The second-order valence-electron chi connectivity index (χ2n) is 5.30. The molecule has 0 spiro atoms. The number of phenolic OH excluding ortho intramolecular Hbond substituents is 2. The van der Waals surface area contributed by atoms with Gasteiger partial charge in [0.25, 0.3) is 5.91 Å². The lowest BCUT2D eigenvalue weighted by molar-refractivity contribution is 0.0943. The summed E-state index contributed by atoms with van der Waals surface area (Å²) < 4.78 is 0.111. The first kappa shape index (κ1) is 15.0. The van der Waals surface area contributed by atoms with Gasteiger partial charge in [0.2, 0.25) is 0 Å². The van der Waals surface area contributed by atoms with Gasteiger partial charge >= 0.3 is 0 Å². The van der Waals surface area contributed by atoms with Gasteiger partial charge in [-0.3, -0.25) is 4.79 Å². The lowest BCUT2D eigenvalue weighted by Crippen LogP contribution is -2.41. The van der Waals surface area contributed by atoms with E-state index in [2.05, 4.69) is 11.6 Å². The molecule has 0 saturated heterocycles. The molecule has 1 aliphatic rings. The molecule has 3 N–H and O–H groups in total. The van der Waals surface area contributed by atoms with E-state index in [4.69, 9.17) is 0 Å². The number of aromatic hydroxyl groups is 2. The molecule has 1 saturated carbocycles. The van der Waals surface area contributed by atoms with Crippen molar-refractivity contribution in [1.29, 1.82) is 0 Å². The zero-order valence-electron chi connectivity index (χ0n) is 11.7. The second kappa shape index (κ2) is 6.39. The quantitative estimate of drug-likeness (QED) is 0.747. The van der Waals surface area contributed by atoms with E-state index in [1.54, 1.807) is 6.07 Å². The Morgan fingerprint density at radius 1 is 1.30 bits per heavy atom. The van der Waals surface area contributed by atoms with Crippen LogP contribution in [0.25, 0.3) is 0 Å². The maximum atomic E-state index is 12.1. The summed E-state index contributed by atoms with van der Waals surface area (Å²) in [7, 11) is 0. The molecule has 1 aromatic rings. The predicted octanol–water partition coefficient (Wildman–Crippen LogP) is 2.89. The number of benzene rings is 1. The van der Waals surface area contributed by atoms with Crippen molar-refractivity contribution in [3.05, 3.63) is 23.8 Å². The van der Waals surface area contributed by atoms with Crippen molar-refractivity contribution in [3.8, 4) is 11.5 Å². The molecule has 0 bridgehead atoms. The SMILES string of the molecule is CSC1(CNC(=O)c2cccc(O)c2O)CCCCC1. The Morgan fingerprint density at radius 2 is 2.00 bits per heavy atom. The number of hydrogen-bond donors (Lipinski definition) is 3. The highest BCUT2D eigenvalue weighted by Gasteiger charge is 2.31. The molecular weight excluding hydrogens is 274 g/mol. The summed E-state index contributed by atoms with van der Waals surface area (Å²) in [5.74, 6) is -0.959. The molecule has 1 aliphatic carbocycles. The maximum Gasteiger partial charge on any atom is 0.255 e. The molecule has 0 radical (unpaired) electrons. The van der Waals surface area contributed by atoms with Crippen molar-refractivity contribution in [1.82, 2.24) is 5.32 Å². The van der Waals surface area contributed by atoms with E-state index in [1.807, 2.05) is 11.8 Å². The van der Waals surface area contributed by atoms with Crippen LogP contribution in [0.1, 0.15) is 42.5 Å². The number of nitrogens with one attached hydrogen (secondary N) is 1. The summed E-state index contributed by atoms with van der Waals surface area (Å²) in [6.07, 6.45) is 7.98. The highest BCUT2D eigenvalue weighted by atomic mass is 32.2. The van der Waals surface area contributed by atoms with Gasteiger partial charge in [-0.05, 0) is 31.2 Å². The fourth-order valence-corrected chi connectivity index (χ4v) is 3.61. The van der Waals surface area contributed by atoms with Crippen molar-refractivity contribution in [2.24, 2.45) is 0 Å². The molecule has 0 unspecified atom stereocenters. The van der Waals surface area contributed by atoms with Gasteiger partial charge in [0.1, 0.15) is 0 Å². The van der Waals surface area contributed by atoms with Crippen molar-refractivity contribution >= 4 is 17.7 Å². The Labute approximate surface area is 123 Å². The molecular formula is C15H21NO3S. The van der Waals surface area contributed by atoms with Gasteiger partial charge in [-0.15, -0.1) is 0 Å². The summed E-state index contributed by atoms with van der Waals surface area (Å²) in [5.41, 5.74) is 0.122. The van der Waals surface area contributed by atoms with E-state index in [-0.39, 0.29) is 27.7 Å². The van der Waals surface area contributed by atoms with Crippen LogP contribution in [-0.2, 0) is 0 Å². The molecule has 2 rings (SSSR count). The third-order valence-electron chi connectivity index (χ3n) is 4.03. The van der Waals surface area contributed by atoms with Crippen molar-refractivity contribution in [2.75, 3.05) is 12.8 Å². The van der Waals surface area contributed by atoms with E-state index >= 15 is 0 Å². The van der Waals surface area contributed by atoms with Gasteiger partial charge in [0.15, 0.2) is 11.5 Å². The van der Waals surface area contributed by atoms with Crippen molar-refractivity contribution in [2.45, 2.75) is 36.9 Å². The number of phenols is 2. The van der Waals surface area contributed by atoms with Crippen LogP contribution >= 0.6 is 11.8 Å². The van der Waals surface area contributed by atoms with Crippen LogP contribution in [0.2, 0.25) is 0 Å². The topological polar surface area (TPSA) is 69.6 Å². The van der Waals surface area contributed by atoms with Crippen LogP contribution in [0.15, 0.2) is 18.2 Å². The molecule has 0 aromatic heterocycles. The zero-order chi connectivity index (χ0) is 14.6. The van der Waals surface area contributed by atoms with Gasteiger partial charge in [-0.2, -0.15) is 11.8 Å². The third-order valence-corrected chi connectivity index (χ3v) is 5.45. The van der Waals surface area contributed by atoms with Crippen LogP contribution < -0.4 is 5.32 Å². The molecule has 0 aliphatic heterocycles. The average molecular weight is 295 g/mol. The minimum absolute atomic E-state index is 0.111. The number of thioether (sulfide) groups is 1. The number of rotatable bonds is 4. The fourth-order valence-electron chi connectivity index (χ4n) is 2.70. The van der Waals surface area contributed by atoms with Crippen LogP contribution in [-0.4, -0.2) is 33.7 Å². The van der Waals surface area contributed by atoms with E-state index in [0.29, 0.717) is 6.54 Å². The molecule has 5 heteroatoms. The Morgan fingerprint density at radius 3 is 2.65 bits per heavy atom. The van der Waals surface area contributed by atoms with Crippen LogP contribution in [0.5, 0.6) is 11.5 Å². The number of para-hydroxylation sites is 1. The first-order chi connectivity index (χ1) is 9.58. The summed E-state index contributed by atoms with van der Waals surface area (Å²) >= 11 is 1.81. The second-order valence-corrected chi connectivity index (χ2v) is 6.58. The Bertz CT molecular complexity index is 484. The van der Waals surface area contributed by atoms with Crippen LogP contribution in [0.3, 0.4) is 0 Å². The number of hydrogen-bond acceptors (Lipinski definition) is 4. The Kier molecular flexibility index (Phi) is 4.81. The molecule has 0 heterocycles. The molecule has 20 heavy (non-hydrogen) atoms. The fraction of sp³-hybridized carbons (Fsp3) is 0.533. The maximum absolute atomic E-state index is 12.1. The number of carbonyl (C=O) groups is 1. The largest absolute Gasteiger partial charge is 0.504 e. The summed E-state index contributed by atoms with van der Waals surface area (Å²) in [5, 5.41) is 22.0. The van der Waals surface area contributed by atoms with Gasteiger partial charge < -0.3 is 15.5 Å². The van der Waals surface area contributed by atoms with Crippen molar-refractivity contribution < 1.29 is 15.0 Å². The summed E-state index contributed by atoms with van der Waals surface area (Å²) in [4.78, 5) is 12.1. The average Bonchev–Trinajstić information content (AvgIpc) is 2.48. The first-order valence-corrected chi connectivity index (χ1v) is 8.15. The van der Waals surface area contributed by atoms with Crippen LogP contribution in [0, 0.1) is 0 Å². The molecule has 0 atom stereocenters. The lowest BCUT2D eigenvalue weighted by Gasteiger charge is -2.35. The summed E-state index contributed by atoms with van der Waals surface area (Å²) in [6, 6.07) is 4.42. The minimum Gasteiger partial charge on any atom is -0.504 e. The zero-order valence-corrected chi connectivity index (χ0v) is 12.5.